The Labute approximate surface area is 526 Å². The van der Waals surface area contributed by atoms with Gasteiger partial charge in [-0.05, 0) is 304 Å². The lowest BCUT2D eigenvalue weighted by Crippen LogP contribution is -2.15. The first-order chi connectivity index (χ1) is 40.5. The van der Waals surface area contributed by atoms with E-state index < -0.39 is 0 Å². The number of hydrogen-bond acceptors (Lipinski definition) is 4. The van der Waals surface area contributed by atoms with Crippen LogP contribution in [0.3, 0.4) is 0 Å². The minimum Gasteiger partial charge on any atom is -0.253 e. The second-order valence-corrected chi connectivity index (χ2v) is 28.6. The molecule has 0 atom stereocenters. The third-order valence-corrected chi connectivity index (χ3v) is 17.8. The Morgan fingerprint density at radius 3 is 0.581 bits per heavy atom. The van der Waals surface area contributed by atoms with Crippen molar-refractivity contribution in [3.05, 3.63) is 160 Å². The molecule has 4 heteroatoms. The van der Waals surface area contributed by atoms with Crippen LogP contribution in [-0.4, -0.2) is 19.9 Å². The number of rotatable bonds is 0. The lowest BCUT2D eigenvalue weighted by Gasteiger charge is -2.26. The van der Waals surface area contributed by atoms with Crippen molar-refractivity contribution in [1.29, 1.82) is 0 Å². The van der Waals surface area contributed by atoms with E-state index in [0.717, 1.165) is 22.8 Å². The summed E-state index contributed by atoms with van der Waals surface area (Å²) in [5.74, 6) is 0. The van der Waals surface area contributed by atoms with Crippen molar-refractivity contribution in [3.8, 4) is 0 Å². The summed E-state index contributed by atoms with van der Waals surface area (Å²) in [4.78, 5) is 19.5. The summed E-state index contributed by atoms with van der Waals surface area (Å²) < 4.78 is 0. The van der Waals surface area contributed by atoms with Crippen molar-refractivity contribution in [2.75, 3.05) is 0 Å². The first-order valence-corrected chi connectivity index (χ1v) is 34.2. The molecule has 0 aliphatic heterocycles. The van der Waals surface area contributed by atoms with E-state index in [2.05, 4.69) is 187 Å². The second kappa shape index (κ2) is 29.7. The van der Waals surface area contributed by atoms with Gasteiger partial charge in [-0.3, -0.25) is 19.9 Å². The highest BCUT2D eigenvalue weighted by atomic mass is 14.7. The molecule has 4 nitrogen and oxygen atoms in total. The third-order valence-electron chi connectivity index (χ3n) is 17.8. The van der Waals surface area contributed by atoms with E-state index in [9.17, 15) is 0 Å². The fourth-order valence-electron chi connectivity index (χ4n) is 14.0. The molecular weight excluding hydrogens is 1040 g/mol. The van der Waals surface area contributed by atoms with Gasteiger partial charge >= 0.3 is 0 Å². The van der Waals surface area contributed by atoms with Crippen LogP contribution in [0, 0.1) is 55.4 Å². The molecule has 4 aliphatic carbocycles. The minimum absolute atomic E-state index is 0.168. The zero-order chi connectivity index (χ0) is 64.6. The summed E-state index contributed by atoms with van der Waals surface area (Å²) in [6, 6.07) is 18.6. The first-order valence-electron chi connectivity index (χ1n) is 34.2. The predicted octanol–water partition coefficient (Wildman–Crippen LogP) is 23.4. The molecule has 4 aliphatic rings. The van der Waals surface area contributed by atoms with Crippen LogP contribution in [0.2, 0.25) is 0 Å². The highest BCUT2D eigenvalue weighted by molar-refractivity contribution is 5.91. The lowest BCUT2D eigenvalue weighted by molar-refractivity contribution is 0.594. The van der Waals surface area contributed by atoms with Gasteiger partial charge < -0.3 is 0 Å². The van der Waals surface area contributed by atoms with Gasteiger partial charge in [0, 0.05) is 44.3 Å². The van der Waals surface area contributed by atoms with Crippen molar-refractivity contribution in [3.63, 3.8) is 0 Å². The van der Waals surface area contributed by atoms with Crippen LogP contribution in [0.25, 0.3) is 43.6 Å². The lowest BCUT2D eigenvalue weighted by atomic mass is 9.80. The van der Waals surface area contributed by atoms with Gasteiger partial charge in [0.15, 0.2) is 0 Å². The van der Waals surface area contributed by atoms with Gasteiger partial charge in [-0.1, -0.05) is 138 Å². The van der Waals surface area contributed by atoms with Crippen molar-refractivity contribution in [1.82, 2.24) is 19.9 Å². The van der Waals surface area contributed by atoms with E-state index in [-0.39, 0.29) is 21.7 Å². The smallest absolute Gasteiger partial charge is 0.0743 e. The van der Waals surface area contributed by atoms with Crippen molar-refractivity contribution < 1.29 is 0 Å². The van der Waals surface area contributed by atoms with Crippen LogP contribution < -0.4 is 0 Å². The van der Waals surface area contributed by atoms with Crippen LogP contribution in [0.4, 0.5) is 0 Å². The largest absolute Gasteiger partial charge is 0.253 e. The van der Waals surface area contributed by atoms with Crippen LogP contribution in [0.5, 0.6) is 0 Å². The fraction of sp³-hybridized carbons (Fsp3) is 0.561. The Bertz CT molecular complexity index is 3390. The first kappa shape index (κ1) is 71.3. The van der Waals surface area contributed by atoms with Crippen LogP contribution in [0.1, 0.15) is 289 Å². The van der Waals surface area contributed by atoms with Gasteiger partial charge in [-0.2, -0.15) is 0 Å². The van der Waals surface area contributed by atoms with E-state index in [1.54, 1.807) is 22.3 Å². The van der Waals surface area contributed by atoms with E-state index in [1.165, 1.54) is 200 Å². The molecule has 0 saturated carbocycles. The molecule has 4 aromatic carbocycles. The highest BCUT2D eigenvalue weighted by Crippen LogP contribution is 2.41. The Morgan fingerprint density at radius 2 is 0.395 bits per heavy atom. The summed E-state index contributed by atoms with van der Waals surface area (Å²) in [5, 5.41) is 5.50. The Balaban J connectivity index is 0.000000201. The van der Waals surface area contributed by atoms with Gasteiger partial charge in [0.25, 0.3) is 0 Å². The number of benzene rings is 4. The summed E-state index contributed by atoms with van der Waals surface area (Å²) in [6.45, 7) is 61.1. The molecule has 468 valence electrons. The quantitative estimate of drug-likeness (QED) is 0.152. The standard InChI is InChI=1S/2C19H25N.2C18H23N.4C2H6/c2*1-12-10-16-17(19(3,4)5)11-13(2)20-18(16)15-9-7-6-8-14(12)15;2*1-11-9-15-16(18(3,4)5)10-12(2)19-17(15)14-8-6-7-13(11)14;4*1-2/h2*10-11H,6-9H2,1-5H3;2*9-10H,6-8H2,1-5H3;4*1-2H3. The highest BCUT2D eigenvalue weighted by Gasteiger charge is 2.28. The van der Waals surface area contributed by atoms with Gasteiger partial charge in [-0.25, -0.2) is 0 Å². The van der Waals surface area contributed by atoms with Crippen molar-refractivity contribution in [2.45, 2.75) is 305 Å². The van der Waals surface area contributed by atoms with Gasteiger partial charge in [0.05, 0.1) is 22.1 Å². The average molecular weight is 1160 g/mol. The number of aryl methyl sites for hydroxylation is 12. The van der Waals surface area contributed by atoms with Gasteiger partial charge in [0.1, 0.15) is 0 Å². The van der Waals surface area contributed by atoms with E-state index >= 15 is 0 Å². The summed E-state index contributed by atoms with van der Waals surface area (Å²) in [7, 11) is 0. The second-order valence-electron chi connectivity index (χ2n) is 28.6. The SMILES string of the molecule is CC.CC.CC.CC.Cc1cc(C(C)(C)C)c2cc(C)c3c(c2n1)CCC3.Cc1cc(C(C)(C)C)c2cc(C)c3c(c2n1)CCC3.Cc1cc(C(C)(C)C)c2cc(C)c3c(c2n1)CCCC3.Cc1cc(C(C)(C)C)c2cc(C)c3c(c2n1)CCCC3. The third kappa shape index (κ3) is 15.9. The van der Waals surface area contributed by atoms with Gasteiger partial charge in [-0.15, -0.1) is 0 Å². The molecule has 4 heterocycles. The zero-order valence-corrected chi connectivity index (χ0v) is 60.3. The topological polar surface area (TPSA) is 51.6 Å². The molecule has 0 N–H and O–H groups in total. The Hall–Kier alpha value is -5.48. The summed E-state index contributed by atoms with van der Waals surface area (Å²) in [5.41, 5.74) is 34.3. The number of nitrogens with zero attached hydrogens (tertiary/aromatic N) is 4. The maximum absolute atomic E-state index is 4.90. The molecule has 0 bridgehead atoms. The maximum Gasteiger partial charge on any atom is 0.0743 e. The Kier molecular flexibility index (Phi) is 24.6. The molecule has 0 fully saturated rings. The van der Waals surface area contributed by atoms with E-state index in [0.29, 0.717) is 0 Å². The van der Waals surface area contributed by atoms with Crippen molar-refractivity contribution in [2.24, 2.45) is 0 Å². The van der Waals surface area contributed by atoms with Crippen molar-refractivity contribution >= 4 is 43.6 Å². The predicted molar refractivity (Wildman–Crippen MR) is 382 cm³/mol. The van der Waals surface area contributed by atoms with E-state index in [4.69, 9.17) is 19.9 Å². The number of fused-ring (bicyclic) bond motifs is 12. The normalized spacial score (nSPS) is 14.1. The monoisotopic (exact) mass is 1160 g/mol. The minimum atomic E-state index is 0.168. The van der Waals surface area contributed by atoms with E-state index in [1.807, 2.05) is 55.4 Å². The number of aromatic nitrogens is 4. The molecule has 12 rings (SSSR count). The molecule has 86 heavy (non-hydrogen) atoms. The zero-order valence-electron chi connectivity index (χ0n) is 60.3. The molecule has 0 radical (unpaired) electrons. The van der Waals surface area contributed by atoms with Crippen LogP contribution in [-0.2, 0) is 73.0 Å². The maximum atomic E-state index is 4.90. The fourth-order valence-corrected chi connectivity index (χ4v) is 14.0. The molecule has 0 saturated heterocycles. The van der Waals surface area contributed by atoms with Crippen LogP contribution in [0.15, 0.2) is 48.5 Å². The summed E-state index contributed by atoms with van der Waals surface area (Å²) >= 11 is 0. The summed E-state index contributed by atoms with van der Waals surface area (Å²) in [6.07, 6.45) is 17.6. The molecule has 4 aromatic heterocycles. The molecule has 0 unspecified atom stereocenters. The average Bonchev–Trinajstić information content (AvgIpc) is 4.29. The molecule has 8 aromatic rings. The molecular formula is C82H120N4. The van der Waals surface area contributed by atoms with Crippen LogP contribution >= 0.6 is 0 Å². The number of hydrogen-bond donors (Lipinski definition) is 0. The number of pyridine rings is 4. The molecule has 0 amide bonds. The molecule has 0 spiro atoms. The Morgan fingerprint density at radius 1 is 0.233 bits per heavy atom. The van der Waals surface area contributed by atoms with Gasteiger partial charge in [0.2, 0.25) is 0 Å².